The number of aromatic nitrogens is 2. The van der Waals surface area contributed by atoms with Gasteiger partial charge in [0.05, 0.1) is 0 Å². The van der Waals surface area contributed by atoms with E-state index in [4.69, 9.17) is 5.73 Å². The smallest absolute Gasteiger partial charge is 0.222 e. The first-order chi connectivity index (χ1) is 8.70. The van der Waals surface area contributed by atoms with Gasteiger partial charge < -0.3 is 16.0 Å². The summed E-state index contributed by atoms with van der Waals surface area (Å²) in [7, 11) is 0. The van der Waals surface area contributed by atoms with E-state index in [0.29, 0.717) is 12.0 Å². The van der Waals surface area contributed by atoms with Crippen LogP contribution in [0.25, 0.3) is 0 Å². The van der Waals surface area contributed by atoms with Crippen LogP contribution in [0, 0.1) is 6.92 Å². The Morgan fingerprint density at radius 2 is 2.22 bits per heavy atom. The molecule has 2 atom stereocenters. The lowest BCUT2D eigenvalue weighted by molar-refractivity contribution is 0.188. The first kappa shape index (κ1) is 11.7. The van der Waals surface area contributed by atoms with Crippen LogP contribution in [-0.4, -0.2) is 40.0 Å². The molecule has 1 aromatic heterocycles. The van der Waals surface area contributed by atoms with Crippen molar-refractivity contribution in [3.63, 3.8) is 0 Å². The van der Waals surface area contributed by atoms with Crippen molar-refractivity contribution in [2.45, 2.75) is 44.7 Å². The molecule has 1 aromatic rings. The third-order valence-electron chi connectivity index (χ3n) is 4.04. The van der Waals surface area contributed by atoms with Crippen LogP contribution in [0.1, 0.15) is 31.4 Å². The highest BCUT2D eigenvalue weighted by Crippen LogP contribution is 2.28. The molecule has 0 saturated carbocycles. The second kappa shape index (κ2) is 4.72. The van der Waals surface area contributed by atoms with Crippen molar-refractivity contribution in [2.24, 2.45) is 0 Å². The molecule has 3 rings (SSSR count). The van der Waals surface area contributed by atoms with Gasteiger partial charge in [-0.2, -0.15) is 4.98 Å². The van der Waals surface area contributed by atoms with E-state index < -0.39 is 0 Å². The average molecular weight is 247 g/mol. The number of anilines is 2. The molecule has 2 aliphatic heterocycles. The molecule has 3 heterocycles. The van der Waals surface area contributed by atoms with Crippen LogP contribution in [-0.2, 0) is 0 Å². The van der Waals surface area contributed by atoms with Crippen molar-refractivity contribution in [3.05, 3.63) is 11.8 Å². The summed E-state index contributed by atoms with van der Waals surface area (Å²) in [6, 6.07) is 3.27. The molecule has 2 fully saturated rings. The number of nitrogens with zero attached hydrogens (tertiary/aromatic N) is 3. The number of fused-ring (bicyclic) bond motifs is 1. The monoisotopic (exact) mass is 247 g/mol. The molecule has 98 valence electrons. The van der Waals surface area contributed by atoms with Crippen LogP contribution in [0.5, 0.6) is 0 Å². The minimum Gasteiger partial charge on any atom is -0.368 e. The van der Waals surface area contributed by atoms with E-state index >= 15 is 0 Å². The lowest BCUT2D eigenvalue weighted by Gasteiger charge is -2.35. The molecule has 3 N–H and O–H groups in total. The Balaban J connectivity index is 1.65. The molecule has 0 bridgehead atoms. The summed E-state index contributed by atoms with van der Waals surface area (Å²) in [5.74, 6) is 1.23. The number of hydrogen-bond acceptors (Lipinski definition) is 5. The van der Waals surface area contributed by atoms with Crippen molar-refractivity contribution < 1.29 is 0 Å². The Morgan fingerprint density at radius 3 is 3.06 bits per heavy atom. The lowest BCUT2D eigenvalue weighted by Crippen LogP contribution is -2.42. The van der Waals surface area contributed by atoms with Crippen LogP contribution in [0.4, 0.5) is 11.8 Å². The molecule has 0 amide bonds. The van der Waals surface area contributed by atoms with Crippen molar-refractivity contribution in [1.82, 2.24) is 14.9 Å². The average Bonchev–Trinajstić information content (AvgIpc) is 2.74. The second-order valence-corrected chi connectivity index (χ2v) is 5.45. The zero-order chi connectivity index (χ0) is 12.5. The quantitative estimate of drug-likeness (QED) is 0.827. The molecular formula is C13H21N5. The van der Waals surface area contributed by atoms with Crippen LogP contribution in [0.3, 0.4) is 0 Å². The number of aryl methyl sites for hydroxylation is 1. The Hall–Kier alpha value is -1.36. The van der Waals surface area contributed by atoms with Crippen LogP contribution in [0.15, 0.2) is 6.07 Å². The normalized spacial score (nSPS) is 28.1. The lowest BCUT2D eigenvalue weighted by atomic mass is 9.97. The molecule has 2 unspecified atom stereocenters. The first-order valence-electron chi connectivity index (χ1n) is 6.82. The fraction of sp³-hybridized carbons (Fsp3) is 0.692. The minimum atomic E-state index is 0.357. The van der Waals surface area contributed by atoms with Crippen LogP contribution < -0.4 is 11.1 Å². The Labute approximate surface area is 108 Å². The Bertz CT molecular complexity index is 413. The first-order valence-corrected chi connectivity index (χ1v) is 6.82. The molecule has 0 aliphatic carbocycles. The highest BCUT2D eigenvalue weighted by molar-refractivity contribution is 5.41. The number of hydrogen-bond donors (Lipinski definition) is 2. The summed E-state index contributed by atoms with van der Waals surface area (Å²) in [5, 5.41) is 3.52. The van der Waals surface area contributed by atoms with E-state index in [1.807, 2.05) is 13.0 Å². The molecule has 0 spiro atoms. The fourth-order valence-electron chi connectivity index (χ4n) is 3.23. The maximum absolute atomic E-state index is 5.68. The van der Waals surface area contributed by atoms with E-state index in [1.54, 1.807) is 0 Å². The molecule has 0 aromatic carbocycles. The molecule has 0 radical (unpaired) electrons. The van der Waals surface area contributed by atoms with Gasteiger partial charge in [-0.1, -0.05) is 0 Å². The zero-order valence-electron chi connectivity index (χ0n) is 10.9. The molecule has 5 heteroatoms. The van der Waals surface area contributed by atoms with Crippen molar-refractivity contribution >= 4 is 11.8 Å². The zero-order valence-corrected chi connectivity index (χ0v) is 10.9. The van der Waals surface area contributed by atoms with Crippen molar-refractivity contribution in [2.75, 3.05) is 24.1 Å². The van der Waals surface area contributed by atoms with E-state index in [2.05, 4.69) is 20.2 Å². The van der Waals surface area contributed by atoms with Gasteiger partial charge in [0.25, 0.3) is 0 Å². The Morgan fingerprint density at radius 1 is 1.33 bits per heavy atom. The van der Waals surface area contributed by atoms with Gasteiger partial charge in [-0.15, -0.1) is 0 Å². The maximum atomic E-state index is 5.68. The molecule has 2 aliphatic rings. The molecule has 5 nitrogen and oxygen atoms in total. The Kier molecular flexibility index (Phi) is 3.07. The van der Waals surface area contributed by atoms with Gasteiger partial charge in [-0.25, -0.2) is 4.98 Å². The summed E-state index contributed by atoms with van der Waals surface area (Å²) in [4.78, 5) is 11.0. The number of piperidine rings is 1. The van der Waals surface area contributed by atoms with Crippen LogP contribution >= 0.6 is 0 Å². The largest absolute Gasteiger partial charge is 0.368 e. The highest BCUT2D eigenvalue weighted by atomic mass is 15.2. The topological polar surface area (TPSA) is 67.1 Å². The third kappa shape index (κ3) is 2.41. The van der Waals surface area contributed by atoms with Crippen LogP contribution in [0.2, 0.25) is 0 Å². The number of nitrogen functional groups attached to an aromatic ring is 1. The summed E-state index contributed by atoms with van der Waals surface area (Å²) >= 11 is 0. The SMILES string of the molecule is Cc1cc(NC2CCN3CCCC3C2)nc(N)n1. The summed E-state index contributed by atoms with van der Waals surface area (Å²) in [6.07, 6.45) is 5.13. The minimum absolute atomic E-state index is 0.357. The maximum Gasteiger partial charge on any atom is 0.222 e. The molecule has 18 heavy (non-hydrogen) atoms. The van der Waals surface area contributed by atoms with Gasteiger partial charge >= 0.3 is 0 Å². The van der Waals surface area contributed by atoms with Gasteiger partial charge in [0.2, 0.25) is 5.95 Å². The molecule has 2 saturated heterocycles. The van der Waals surface area contributed by atoms with E-state index in [0.717, 1.165) is 17.6 Å². The predicted octanol–water partition coefficient (Wildman–Crippen LogP) is 1.41. The van der Waals surface area contributed by atoms with Crippen molar-refractivity contribution in [3.8, 4) is 0 Å². The summed E-state index contributed by atoms with van der Waals surface area (Å²) in [5.41, 5.74) is 6.60. The molecular weight excluding hydrogens is 226 g/mol. The van der Waals surface area contributed by atoms with Gasteiger partial charge in [0.15, 0.2) is 0 Å². The summed E-state index contributed by atoms with van der Waals surface area (Å²) in [6.45, 7) is 4.45. The number of nitrogens with one attached hydrogen (secondary N) is 1. The standard InChI is InChI=1S/C13H21N5/c1-9-7-12(17-13(14)15-9)16-10-4-6-18-5-2-3-11(18)8-10/h7,10-11H,2-6,8H2,1H3,(H3,14,15,16,17). The van der Waals surface area contributed by atoms with E-state index in [-0.39, 0.29) is 0 Å². The highest BCUT2D eigenvalue weighted by Gasteiger charge is 2.31. The van der Waals surface area contributed by atoms with Gasteiger partial charge in [0.1, 0.15) is 5.82 Å². The van der Waals surface area contributed by atoms with E-state index in [9.17, 15) is 0 Å². The number of nitrogens with two attached hydrogens (primary N) is 1. The number of rotatable bonds is 2. The van der Waals surface area contributed by atoms with Crippen molar-refractivity contribution in [1.29, 1.82) is 0 Å². The second-order valence-electron chi connectivity index (χ2n) is 5.45. The third-order valence-corrected chi connectivity index (χ3v) is 4.04. The predicted molar refractivity (Wildman–Crippen MR) is 72.4 cm³/mol. The van der Waals surface area contributed by atoms with Gasteiger partial charge in [-0.05, 0) is 39.2 Å². The fourth-order valence-corrected chi connectivity index (χ4v) is 3.23. The van der Waals surface area contributed by atoms with Gasteiger partial charge in [-0.3, -0.25) is 0 Å². The summed E-state index contributed by atoms with van der Waals surface area (Å²) < 4.78 is 0. The van der Waals surface area contributed by atoms with Gasteiger partial charge in [0, 0.05) is 30.4 Å². The van der Waals surface area contributed by atoms with E-state index in [1.165, 1.54) is 38.8 Å².